The predicted molar refractivity (Wildman–Crippen MR) is 115 cm³/mol. The van der Waals surface area contributed by atoms with Gasteiger partial charge in [-0.1, -0.05) is 12.1 Å². The molecule has 1 N–H and O–H groups in total. The van der Waals surface area contributed by atoms with Gasteiger partial charge >= 0.3 is 6.18 Å². The van der Waals surface area contributed by atoms with Gasteiger partial charge in [0.2, 0.25) is 0 Å². The fraction of sp³-hybridized carbons (Fsp3) is 0.292. The van der Waals surface area contributed by atoms with Crippen LogP contribution < -0.4 is 5.32 Å². The Morgan fingerprint density at radius 1 is 0.875 bits per heavy atom. The highest BCUT2D eigenvalue weighted by molar-refractivity contribution is 6.04. The van der Waals surface area contributed by atoms with Gasteiger partial charge in [0, 0.05) is 44.0 Å². The Labute approximate surface area is 184 Å². The number of carbonyl (C=O) groups excluding carboxylic acids is 1. The van der Waals surface area contributed by atoms with Crippen LogP contribution in [0.1, 0.15) is 27.2 Å². The number of furan rings is 1. The van der Waals surface area contributed by atoms with Crippen LogP contribution in [0.3, 0.4) is 0 Å². The zero-order valence-electron chi connectivity index (χ0n) is 17.4. The number of nitrogens with zero attached hydrogens (tertiary/aromatic N) is 2. The van der Waals surface area contributed by atoms with E-state index in [1.807, 2.05) is 36.4 Å². The number of amides is 1. The summed E-state index contributed by atoms with van der Waals surface area (Å²) in [6.45, 7) is 5.53. The summed E-state index contributed by atoms with van der Waals surface area (Å²) in [4.78, 5) is 17.1. The van der Waals surface area contributed by atoms with E-state index in [2.05, 4.69) is 15.1 Å². The van der Waals surface area contributed by atoms with E-state index in [1.165, 1.54) is 12.1 Å². The number of anilines is 1. The molecule has 3 aromatic rings. The van der Waals surface area contributed by atoms with Gasteiger partial charge in [-0.25, -0.2) is 0 Å². The summed E-state index contributed by atoms with van der Waals surface area (Å²) in [7, 11) is 0. The van der Waals surface area contributed by atoms with E-state index in [0.29, 0.717) is 5.69 Å². The molecule has 0 radical (unpaired) electrons. The topological polar surface area (TPSA) is 48.7 Å². The van der Waals surface area contributed by atoms with Crippen molar-refractivity contribution in [1.82, 2.24) is 9.80 Å². The Morgan fingerprint density at radius 3 is 2.06 bits per heavy atom. The zero-order valence-corrected chi connectivity index (χ0v) is 17.4. The summed E-state index contributed by atoms with van der Waals surface area (Å²) >= 11 is 0. The summed E-state index contributed by atoms with van der Waals surface area (Å²) in [5.74, 6) is 0.534. The molecular weight excluding hydrogens is 419 g/mol. The lowest BCUT2D eigenvalue weighted by Gasteiger charge is -2.34. The highest BCUT2D eigenvalue weighted by atomic mass is 19.4. The van der Waals surface area contributed by atoms with Gasteiger partial charge in [0.05, 0.1) is 18.4 Å². The molecule has 5 nitrogen and oxygen atoms in total. The van der Waals surface area contributed by atoms with Crippen molar-refractivity contribution in [1.29, 1.82) is 0 Å². The summed E-state index contributed by atoms with van der Waals surface area (Å²) < 4.78 is 43.4. The molecular formula is C24H24F3N3O2. The molecule has 8 heteroatoms. The first-order chi connectivity index (χ1) is 15.4. The van der Waals surface area contributed by atoms with Gasteiger partial charge < -0.3 is 9.73 Å². The fourth-order valence-electron chi connectivity index (χ4n) is 3.69. The van der Waals surface area contributed by atoms with Crippen molar-refractivity contribution in [2.24, 2.45) is 0 Å². The maximum atomic E-state index is 12.7. The number of nitrogens with one attached hydrogen (secondary N) is 1. The standard InChI is InChI=1S/C24H24F3N3O2/c25-24(26,27)20-7-5-19(6-8-20)23(31)28-21-9-3-18(4-10-21)16-29-11-13-30(14-12-29)17-22-2-1-15-32-22/h1-10,15H,11-14,16-17H2,(H,28,31). The number of rotatable bonds is 6. The monoisotopic (exact) mass is 443 g/mol. The van der Waals surface area contributed by atoms with Crippen molar-refractivity contribution >= 4 is 11.6 Å². The van der Waals surface area contributed by atoms with Crippen LogP contribution in [0, 0.1) is 0 Å². The molecule has 0 saturated carbocycles. The maximum Gasteiger partial charge on any atom is 0.416 e. The third-order valence-electron chi connectivity index (χ3n) is 5.52. The van der Waals surface area contributed by atoms with Crippen molar-refractivity contribution < 1.29 is 22.4 Å². The molecule has 1 aliphatic rings. The quantitative estimate of drug-likeness (QED) is 0.591. The fourth-order valence-corrected chi connectivity index (χ4v) is 3.69. The number of alkyl halides is 3. The van der Waals surface area contributed by atoms with Crippen molar-refractivity contribution in [3.8, 4) is 0 Å². The second-order valence-corrected chi connectivity index (χ2v) is 7.86. The second kappa shape index (κ2) is 9.58. The van der Waals surface area contributed by atoms with Crippen LogP contribution in [0.4, 0.5) is 18.9 Å². The van der Waals surface area contributed by atoms with E-state index in [0.717, 1.165) is 62.7 Å². The van der Waals surface area contributed by atoms with Crippen LogP contribution in [0.2, 0.25) is 0 Å². The lowest BCUT2D eigenvalue weighted by molar-refractivity contribution is -0.137. The molecule has 1 aliphatic heterocycles. The molecule has 0 spiro atoms. The van der Waals surface area contributed by atoms with Gasteiger partial charge in [0.1, 0.15) is 5.76 Å². The van der Waals surface area contributed by atoms with Gasteiger partial charge in [-0.3, -0.25) is 14.6 Å². The second-order valence-electron chi connectivity index (χ2n) is 7.86. The normalized spacial score (nSPS) is 15.6. The smallest absolute Gasteiger partial charge is 0.416 e. The van der Waals surface area contributed by atoms with Crippen LogP contribution >= 0.6 is 0 Å². The molecule has 1 fully saturated rings. The Balaban J connectivity index is 1.26. The minimum Gasteiger partial charge on any atom is -0.468 e. The highest BCUT2D eigenvalue weighted by Gasteiger charge is 2.30. The molecule has 2 aromatic carbocycles. The lowest BCUT2D eigenvalue weighted by atomic mass is 10.1. The van der Waals surface area contributed by atoms with E-state index < -0.39 is 17.6 Å². The highest BCUT2D eigenvalue weighted by Crippen LogP contribution is 2.29. The van der Waals surface area contributed by atoms with E-state index in [9.17, 15) is 18.0 Å². The molecule has 1 saturated heterocycles. The van der Waals surface area contributed by atoms with Crippen LogP contribution in [-0.4, -0.2) is 41.9 Å². The Hall–Kier alpha value is -3.10. The SMILES string of the molecule is O=C(Nc1ccc(CN2CCN(Cc3ccco3)CC2)cc1)c1ccc(C(F)(F)F)cc1. The summed E-state index contributed by atoms with van der Waals surface area (Å²) in [5.41, 5.74) is 1.13. The van der Waals surface area contributed by atoms with Crippen LogP contribution in [0.25, 0.3) is 0 Å². The third-order valence-corrected chi connectivity index (χ3v) is 5.52. The van der Waals surface area contributed by atoms with Crippen LogP contribution in [0.5, 0.6) is 0 Å². The van der Waals surface area contributed by atoms with Gasteiger partial charge in [0.25, 0.3) is 5.91 Å². The van der Waals surface area contributed by atoms with E-state index in [-0.39, 0.29) is 5.56 Å². The number of piperazine rings is 1. The Bertz CT molecular complexity index is 1010. The summed E-state index contributed by atoms with van der Waals surface area (Å²) in [5, 5.41) is 2.72. The summed E-state index contributed by atoms with van der Waals surface area (Å²) in [6, 6.07) is 15.6. The molecule has 0 aliphatic carbocycles. The van der Waals surface area contributed by atoms with Gasteiger partial charge in [-0.2, -0.15) is 13.2 Å². The molecule has 2 heterocycles. The Kier molecular flexibility index (Phi) is 6.62. The molecule has 32 heavy (non-hydrogen) atoms. The average molecular weight is 443 g/mol. The molecule has 168 valence electrons. The largest absolute Gasteiger partial charge is 0.468 e. The molecule has 0 atom stereocenters. The number of hydrogen-bond acceptors (Lipinski definition) is 4. The van der Waals surface area contributed by atoms with Crippen molar-refractivity contribution in [2.75, 3.05) is 31.5 Å². The minimum atomic E-state index is -4.42. The van der Waals surface area contributed by atoms with Gasteiger partial charge in [0.15, 0.2) is 0 Å². The molecule has 4 rings (SSSR count). The number of halogens is 3. The third kappa shape index (κ3) is 5.77. The van der Waals surface area contributed by atoms with E-state index in [1.54, 1.807) is 6.26 Å². The van der Waals surface area contributed by atoms with E-state index >= 15 is 0 Å². The van der Waals surface area contributed by atoms with Crippen LogP contribution in [-0.2, 0) is 19.3 Å². The number of hydrogen-bond donors (Lipinski definition) is 1. The number of benzene rings is 2. The maximum absolute atomic E-state index is 12.7. The summed E-state index contributed by atoms with van der Waals surface area (Å²) in [6.07, 6.45) is -2.72. The van der Waals surface area contributed by atoms with E-state index in [4.69, 9.17) is 4.42 Å². The molecule has 0 unspecified atom stereocenters. The first-order valence-corrected chi connectivity index (χ1v) is 10.4. The minimum absolute atomic E-state index is 0.175. The lowest BCUT2D eigenvalue weighted by Crippen LogP contribution is -2.45. The average Bonchev–Trinajstić information content (AvgIpc) is 3.29. The van der Waals surface area contributed by atoms with Crippen molar-refractivity contribution in [3.63, 3.8) is 0 Å². The first kappa shape index (κ1) is 22.1. The zero-order chi connectivity index (χ0) is 22.6. The molecule has 0 bridgehead atoms. The van der Waals surface area contributed by atoms with Crippen molar-refractivity contribution in [2.45, 2.75) is 19.3 Å². The number of carbonyl (C=O) groups is 1. The Morgan fingerprint density at radius 2 is 1.50 bits per heavy atom. The van der Waals surface area contributed by atoms with Crippen LogP contribution in [0.15, 0.2) is 71.3 Å². The molecule has 1 amide bonds. The predicted octanol–water partition coefficient (Wildman–Crippen LogP) is 4.87. The first-order valence-electron chi connectivity index (χ1n) is 10.4. The molecule has 1 aromatic heterocycles. The van der Waals surface area contributed by atoms with Gasteiger partial charge in [-0.15, -0.1) is 0 Å². The van der Waals surface area contributed by atoms with Gasteiger partial charge in [-0.05, 0) is 54.1 Å². The van der Waals surface area contributed by atoms with Crippen molar-refractivity contribution in [3.05, 3.63) is 89.4 Å².